The van der Waals surface area contributed by atoms with Gasteiger partial charge in [0.05, 0.1) is 12.2 Å². The molecular weight excluding hydrogens is 236 g/mol. The molecule has 0 bridgehead atoms. The largest absolute Gasteiger partial charge is 0.439 e. The van der Waals surface area contributed by atoms with Gasteiger partial charge in [-0.05, 0) is 38.6 Å². The van der Waals surface area contributed by atoms with Gasteiger partial charge >= 0.3 is 0 Å². The minimum atomic E-state index is 0.100. The van der Waals surface area contributed by atoms with Crippen molar-refractivity contribution in [2.24, 2.45) is 0 Å². The molecule has 17 heavy (non-hydrogen) atoms. The average Bonchev–Trinajstić information content (AvgIpc) is 2.80. The van der Waals surface area contributed by atoms with E-state index in [1.54, 1.807) is 6.20 Å². The maximum absolute atomic E-state index is 5.99. The van der Waals surface area contributed by atoms with Crippen molar-refractivity contribution in [2.45, 2.75) is 19.9 Å². The molecule has 1 aromatic heterocycles. The van der Waals surface area contributed by atoms with Crippen molar-refractivity contribution >= 4 is 11.6 Å². The maximum atomic E-state index is 5.99. The van der Waals surface area contributed by atoms with Gasteiger partial charge in [-0.2, -0.15) is 0 Å². The molecule has 0 aliphatic heterocycles. The minimum Gasteiger partial charge on any atom is -0.439 e. The molecule has 0 spiro atoms. The number of hydrogen-bond donors (Lipinski definition) is 1. The quantitative estimate of drug-likeness (QED) is 0.905. The van der Waals surface area contributed by atoms with E-state index in [0.29, 0.717) is 10.9 Å². The number of benzene rings is 1. The van der Waals surface area contributed by atoms with Crippen LogP contribution in [-0.4, -0.2) is 12.0 Å². The second kappa shape index (κ2) is 4.90. The summed E-state index contributed by atoms with van der Waals surface area (Å²) < 4.78 is 5.73. The lowest BCUT2D eigenvalue weighted by atomic mass is 10.1. The van der Waals surface area contributed by atoms with Gasteiger partial charge in [0.15, 0.2) is 5.76 Å². The van der Waals surface area contributed by atoms with E-state index in [0.717, 1.165) is 16.9 Å². The van der Waals surface area contributed by atoms with Crippen molar-refractivity contribution < 1.29 is 4.42 Å². The minimum absolute atomic E-state index is 0.100. The van der Waals surface area contributed by atoms with Crippen LogP contribution in [0.2, 0.25) is 5.02 Å². The molecule has 0 saturated heterocycles. The van der Waals surface area contributed by atoms with E-state index in [9.17, 15) is 0 Å². The Morgan fingerprint density at radius 3 is 2.88 bits per heavy atom. The average molecular weight is 251 g/mol. The highest BCUT2D eigenvalue weighted by Crippen LogP contribution is 2.28. The highest BCUT2D eigenvalue weighted by Gasteiger charge is 2.13. The van der Waals surface area contributed by atoms with Gasteiger partial charge in [0.25, 0.3) is 0 Å². The van der Waals surface area contributed by atoms with Gasteiger partial charge in [-0.25, -0.2) is 4.98 Å². The van der Waals surface area contributed by atoms with E-state index in [1.165, 1.54) is 0 Å². The van der Waals surface area contributed by atoms with Gasteiger partial charge in [0.2, 0.25) is 5.89 Å². The Hall–Kier alpha value is -1.32. The van der Waals surface area contributed by atoms with Crippen LogP contribution in [0, 0.1) is 6.92 Å². The zero-order valence-electron chi connectivity index (χ0n) is 10.1. The predicted molar refractivity (Wildman–Crippen MR) is 69.2 cm³/mol. The SMILES string of the molecule is CNC(C)c1ncc(-c2cc(Cl)ccc2C)o1. The lowest BCUT2D eigenvalue weighted by Crippen LogP contribution is -2.12. The Bertz CT molecular complexity index is 522. The van der Waals surface area contributed by atoms with E-state index in [-0.39, 0.29) is 6.04 Å². The highest BCUT2D eigenvalue weighted by atomic mass is 35.5. The van der Waals surface area contributed by atoms with Gasteiger partial charge in [-0.3, -0.25) is 0 Å². The first-order valence-corrected chi connectivity index (χ1v) is 5.89. The zero-order chi connectivity index (χ0) is 12.4. The lowest BCUT2D eigenvalue weighted by molar-refractivity contribution is 0.441. The molecule has 0 saturated carbocycles. The van der Waals surface area contributed by atoms with Gasteiger partial charge in [-0.15, -0.1) is 0 Å². The Morgan fingerprint density at radius 1 is 1.41 bits per heavy atom. The number of halogens is 1. The summed E-state index contributed by atoms with van der Waals surface area (Å²) in [6.45, 7) is 4.02. The van der Waals surface area contributed by atoms with Crippen molar-refractivity contribution in [3.05, 3.63) is 40.9 Å². The van der Waals surface area contributed by atoms with E-state index >= 15 is 0 Å². The molecule has 0 aliphatic rings. The molecule has 1 aromatic carbocycles. The normalized spacial score (nSPS) is 12.7. The van der Waals surface area contributed by atoms with Crippen LogP contribution in [0.1, 0.15) is 24.4 Å². The third-order valence-corrected chi connectivity index (χ3v) is 3.03. The Labute approximate surface area is 106 Å². The van der Waals surface area contributed by atoms with Crippen LogP contribution in [0.25, 0.3) is 11.3 Å². The van der Waals surface area contributed by atoms with Crippen molar-refractivity contribution in [3.63, 3.8) is 0 Å². The summed E-state index contributed by atoms with van der Waals surface area (Å²) in [6, 6.07) is 5.84. The molecule has 0 radical (unpaired) electrons. The summed E-state index contributed by atoms with van der Waals surface area (Å²) in [5, 5.41) is 3.79. The maximum Gasteiger partial charge on any atom is 0.211 e. The summed E-state index contributed by atoms with van der Waals surface area (Å²) in [6.07, 6.45) is 1.74. The van der Waals surface area contributed by atoms with Gasteiger partial charge < -0.3 is 9.73 Å². The second-order valence-electron chi connectivity index (χ2n) is 4.03. The van der Waals surface area contributed by atoms with E-state index < -0.39 is 0 Å². The molecule has 1 atom stereocenters. The molecule has 1 N–H and O–H groups in total. The van der Waals surface area contributed by atoms with E-state index in [1.807, 2.05) is 39.1 Å². The fourth-order valence-electron chi connectivity index (χ4n) is 1.60. The van der Waals surface area contributed by atoms with Crippen LogP contribution in [-0.2, 0) is 0 Å². The Morgan fingerprint density at radius 2 is 2.18 bits per heavy atom. The van der Waals surface area contributed by atoms with Crippen LogP contribution in [0.15, 0.2) is 28.8 Å². The molecule has 0 amide bonds. The van der Waals surface area contributed by atoms with Crippen molar-refractivity contribution in [1.29, 1.82) is 0 Å². The standard InChI is InChI=1S/C13H15ClN2O/c1-8-4-5-10(14)6-11(8)12-7-16-13(17-12)9(2)15-3/h4-7,9,15H,1-3H3. The molecule has 90 valence electrons. The molecular formula is C13H15ClN2O. The Balaban J connectivity index is 2.40. The van der Waals surface area contributed by atoms with Gasteiger partial charge in [0, 0.05) is 10.6 Å². The number of nitrogens with one attached hydrogen (secondary N) is 1. The van der Waals surface area contributed by atoms with Crippen LogP contribution in [0.4, 0.5) is 0 Å². The van der Waals surface area contributed by atoms with Crippen LogP contribution >= 0.6 is 11.6 Å². The third kappa shape index (κ3) is 2.51. The predicted octanol–water partition coefficient (Wildman–Crippen LogP) is 3.58. The fourth-order valence-corrected chi connectivity index (χ4v) is 1.77. The number of aryl methyl sites for hydroxylation is 1. The summed E-state index contributed by atoms with van der Waals surface area (Å²) in [4.78, 5) is 4.26. The zero-order valence-corrected chi connectivity index (χ0v) is 10.9. The molecule has 2 aromatic rings. The number of rotatable bonds is 3. The number of nitrogens with zero attached hydrogens (tertiary/aromatic N) is 1. The first-order chi connectivity index (χ1) is 8.11. The Kier molecular flexibility index (Phi) is 3.50. The van der Waals surface area contributed by atoms with Crippen LogP contribution < -0.4 is 5.32 Å². The lowest BCUT2D eigenvalue weighted by Gasteiger charge is -2.05. The fraction of sp³-hybridized carbons (Fsp3) is 0.308. The van der Waals surface area contributed by atoms with Crippen molar-refractivity contribution in [3.8, 4) is 11.3 Å². The van der Waals surface area contributed by atoms with E-state index in [2.05, 4.69) is 10.3 Å². The number of oxazole rings is 1. The summed E-state index contributed by atoms with van der Waals surface area (Å²) in [5.41, 5.74) is 2.11. The molecule has 3 nitrogen and oxygen atoms in total. The van der Waals surface area contributed by atoms with Gasteiger partial charge in [0.1, 0.15) is 0 Å². The molecule has 2 rings (SSSR count). The molecule has 1 unspecified atom stereocenters. The van der Waals surface area contributed by atoms with Gasteiger partial charge in [-0.1, -0.05) is 17.7 Å². The molecule has 0 aliphatic carbocycles. The third-order valence-electron chi connectivity index (χ3n) is 2.79. The molecule has 0 fully saturated rings. The summed E-state index contributed by atoms with van der Waals surface area (Å²) in [5.74, 6) is 1.43. The summed E-state index contributed by atoms with van der Waals surface area (Å²) >= 11 is 5.99. The topological polar surface area (TPSA) is 38.1 Å². The van der Waals surface area contributed by atoms with Crippen LogP contribution in [0.5, 0.6) is 0 Å². The van der Waals surface area contributed by atoms with E-state index in [4.69, 9.17) is 16.0 Å². The molecule has 4 heteroatoms. The molecule has 1 heterocycles. The highest BCUT2D eigenvalue weighted by molar-refractivity contribution is 6.30. The first kappa shape index (κ1) is 12.1. The second-order valence-corrected chi connectivity index (χ2v) is 4.47. The van der Waals surface area contributed by atoms with Crippen LogP contribution in [0.3, 0.4) is 0 Å². The van der Waals surface area contributed by atoms with Crippen molar-refractivity contribution in [2.75, 3.05) is 7.05 Å². The smallest absolute Gasteiger partial charge is 0.211 e. The number of hydrogen-bond acceptors (Lipinski definition) is 3. The number of aromatic nitrogens is 1. The summed E-state index contributed by atoms with van der Waals surface area (Å²) in [7, 11) is 1.87. The van der Waals surface area contributed by atoms with Crippen molar-refractivity contribution in [1.82, 2.24) is 10.3 Å². The first-order valence-electron chi connectivity index (χ1n) is 5.51. The monoisotopic (exact) mass is 250 g/mol.